The number of urea groups is 1. The van der Waals surface area contributed by atoms with Crippen LogP contribution in [0.5, 0.6) is 0 Å². The first-order chi connectivity index (χ1) is 30.3. The number of carboxylic acids is 5. The maximum Gasteiger partial charge on any atom is 0.326 e. The number of rotatable bonds is 27. The summed E-state index contributed by atoms with van der Waals surface area (Å²) < 4.78 is 13.3. The molecule has 1 heterocycles. The van der Waals surface area contributed by atoms with Crippen molar-refractivity contribution in [2.24, 2.45) is 0 Å². The highest BCUT2D eigenvalue weighted by molar-refractivity contribution is 5.98. The molecule has 22 nitrogen and oxygen atoms in total. The first kappa shape index (κ1) is 50.6. The van der Waals surface area contributed by atoms with E-state index < -0.39 is 134 Å². The van der Waals surface area contributed by atoms with E-state index in [1.165, 1.54) is 0 Å². The average molecular weight is 897 g/mol. The fraction of sp³-hybridized carbons (Fsp3) is 0.390. The number of fused-ring (bicyclic) bond motifs is 1. The summed E-state index contributed by atoms with van der Waals surface area (Å²) in [7, 11) is 0. The molecule has 344 valence electrons. The second kappa shape index (κ2) is 25.3. The van der Waals surface area contributed by atoms with Crippen LogP contribution in [0.15, 0.2) is 60.8 Å². The predicted molar refractivity (Wildman–Crippen MR) is 219 cm³/mol. The number of carbonyl (C=O) groups excluding carboxylic acids is 5. The lowest BCUT2D eigenvalue weighted by Gasteiger charge is -2.22. The van der Waals surface area contributed by atoms with Gasteiger partial charge in [0.1, 0.15) is 30.2 Å². The molecule has 1 aromatic heterocycles. The molecule has 0 saturated carbocycles. The van der Waals surface area contributed by atoms with Gasteiger partial charge >= 0.3 is 35.9 Å². The van der Waals surface area contributed by atoms with Gasteiger partial charge in [-0.1, -0.05) is 42.5 Å². The molecule has 0 bridgehead atoms. The Labute approximate surface area is 363 Å². The van der Waals surface area contributed by atoms with Gasteiger partial charge in [-0.25, -0.2) is 24.2 Å². The van der Waals surface area contributed by atoms with Crippen molar-refractivity contribution in [2.45, 2.75) is 94.4 Å². The number of carboxylic acid groups (broad SMARTS) is 5. The number of aromatic nitrogens is 1. The zero-order valence-corrected chi connectivity index (χ0v) is 34.1. The predicted octanol–water partition coefficient (Wildman–Crippen LogP) is 0.771. The SMILES string of the molecule is O=C(O)CCC(NC(=O)NC(CCCCNC(=O)C(Cc1ccc2ccccc2c1)NC(=O)CCC(NC(=O)C(CCC(=O)O)NC(=O)c1ccc([18F])nc1)C(=O)O)C(=O)O)C(=O)O. The van der Waals surface area contributed by atoms with E-state index in [1.807, 2.05) is 41.7 Å². The quantitative estimate of drug-likeness (QED) is 0.0372. The molecule has 64 heavy (non-hydrogen) atoms. The molecule has 0 aliphatic rings. The van der Waals surface area contributed by atoms with Crippen molar-refractivity contribution in [1.82, 2.24) is 36.9 Å². The summed E-state index contributed by atoms with van der Waals surface area (Å²) in [6.45, 7) is -0.0257. The normalized spacial score (nSPS) is 13.1. The Kier molecular flexibility index (Phi) is 20.0. The summed E-state index contributed by atoms with van der Waals surface area (Å²) in [5.41, 5.74) is 0.471. The minimum atomic E-state index is -1.71. The van der Waals surface area contributed by atoms with E-state index in [4.69, 9.17) is 10.2 Å². The Morgan fingerprint density at radius 1 is 0.562 bits per heavy atom. The maximum absolute atomic E-state index is 13.5. The van der Waals surface area contributed by atoms with E-state index in [1.54, 1.807) is 6.07 Å². The molecule has 6 amide bonds. The zero-order valence-electron chi connectivity index (χ0n) is 34.1. The van der Waals surface area contributed by atoms with E-state index in [9.17, 15) is 67.7 Å². The third-order valence-electron chi connectivity index (χ3n) is 9.51. The van der Waals surface area contributed by atoms with E-state index in [0.29, 0.717) is 5.56 Å². The Balaban J connectivity index is 1.64. The first-order valence-corrected chi connectivity index (χ1v) is 19.8. The highest BCUT2D eigenvalue weighted by Crippen LogP contribution is 2.17. The summed E-state index contributed by atoms with van der Waals surface area (Å²) in [5, 5.41) is 62.3. The first-order valence-electron chi connectivity index (χ1n) is 19.8. The number of pyridine rings is 1. The third-order valence-corrected chi connectivity index (χ3v) is 9.51. The zero-order chi connectivity index (χ0) is 47.3. The summed E-state index contributed by atoms with van der Waals surface area (Å²) in [6.07, 6.45) is -2.09. The number of amides is 6. The maximum atomic E-state index is 13.5. The molecule has 0 aliphatic carbocycles. The average Bonchev–Trinajstić information content (AvgIpc) is 3.23. The summed E-state index contributed by atoms with van der Waals surface area (Å²) in [6, 6.07) is 5.99. The Morgan fingerprint density at radius 2 is 1.14 bits per heavy atom. The Bertz CT molecular complexity index is 2190. The van der Waals surface area contributed by atoms with Crippen LogP contribution in [0.2, 0.25) is 0 Å². The number of unbranched alkanes of at least 4 members (excludes halogenated alkanes) is 1. The van der Waals surface area contributed by atoms with E-state index in [2.05, 4.69) is 31.6 Å². The lowest BCUT2D eigenvalue weighted by Crippen LogP contribution is -2.52. The van der Waals surface area contributed by atoms with Gasteiger partial charge in [0.2, 0.25) is 23.7 Å². The molecule has 0 aliphatic heterocycles. The second-order valence-corrected chi connectivity index (χ2v) is 14.4. The highest BCUT2D eigenvalue weighted by atomic mass is 18.2. The molecular formula is C41H48FN7O15. The van der Waals surface area contributed by atoms with Gasteiger partial charge < -0.3 is 57.4 Å². The van der Waals surface area contributed by atoms with Crippen LogP contribution in [0.3, 0.4) is 0 Å². The van der Waals surface area contributed by atoms with Crippen molar-refractivity contribution in [2.75, 3.05) is 6.54 Å². The second-order valence-electron chi connectivity index (χ2n) is 14.4. The fourth-order valence-electron chi connectivity index (χ4n) is 6.12. The van der Waals surface area contributed by atoms with Crippen LogP contribution >= 0.6 is 0 Å². The molecule has 23 heteroatoms. The topological polar surface area (TPSA) is 357 Å². The van der Waals surface area contributed by atoms with Crippen LogP contribution in [0, 0.1) is 5.95 Å². The molecule has 5 atom stereocenters. The van der Waals surface area contributed by atoms with Crippen LogP contribution in [-0.2, 0) is 44.8 Å². The summed E-state index contributed by atoms with van der Waals surface area (Å²) in [5.74, 6) is -11.5. The number of hydrogen-bond acceptors (Lipinski definition) is 11. The van der Waals surface area contributed by atoms with Crippen molar-refractivity contribution < 1.29 is 77.9 Å². The molecule has 0 spiro atoms. The van der Waals surface area contributed by atoms with Gasteiger partial charge in [-0.3, -0.25) is 28.8 Å². The molecule has 5 unspecified atom stereocenters. The lowest BCUT2D eigenvalue weighted by molar-refractivity contribution is -0.143. The van der Waals surface area contributed by atoms with Crippen molar-refractivity contribution in [3.63, 3.8) is 0 Å². The monoisotopic (exact) mass is 896 g/mol. The number of nitrogens with zero attached hydrogens (tertiary/aromatic N) is 1. The number of aliphatic carboxylic acids is 5. The number of benzene rings is 2. The molecule has 0 fully saturated rings. The van der Waals surface area contributed by atoms with Gasteiger partial charge in [0.05, 0.1) is 5.56 Å². The number of nitrogens with one attached hydrogen (secondary N) is 6. The van der Waals surface area contributed by atoms with E-state index >= 15 is 0 Å². The molecule has 0 radical (unpaired) electrons. The molecular weight excluding hydrogens is 848 g/mol. The van der Waals surface area contributed by atoms with Gasteiger partial charge in [-0.2, -0.15) is 4.39 Å². The van der Waals surface area contributed by atoms with Gasteiger partial charge in [0.25, 0.3) is 5.91 Å². The fourth-order valence-corrected chi connectivity index (χ4v) is 6.12. The summed E-state index contributed by atoms with van der Waals surface area (Å²) in [4.78, 5) is 126. The van der Waals surface area contributed by atoms with Crippen LogP contribution < -0.4 is 31.9 Å². The van der Waals surface area contributed by atoms with Crippen molar-refractivity contribution in [3.8, 4) is 0 Å². The molecule has 3 aromatic rings. The van der Waals surface area contributed by atoms with Crippen molar-refractivity contribution in [3.05, 3.63) is 77.9 Å². The standard InChI is InChI=1S/C41H48FN7O15/c42-31-14-10-25(21-44-31)35(55)46-26(12-16-33(51)52)37(57)47-28(39(60)61)11-15-32(50)45-30(20-22-8-9-23-5-1-2-6-24(23)19-22)36(56)43-18-4-3-7-27(38(58)59)48-41(64)49-29(40(62)63)13-17-34(53)54/h1-2,5-6,8-10,14,19,21,26-30H,3-4,7,11-13,15-18,20H2,(H,43,56)(H,45,50)(H,46,55)(H,47,57)(H,51,52)(H,53,54)(H,58,59)(H,60,61)(H,62,63)(H2,48,49,64)/i42-1. The minimum absolute atomic E-state index is 0.0257. The van der Waals surface area contributed by atoms with Crippen LogP contribution in [-0.4, -0.2) is 127 Å². The molecule has 3 rings (SSSR count). The largest absolute Gasteiger partial charge is 0.481 e. The molecule has 2 aromatic carbocycles. The number of carbonyl (C=O) groups is 10. The van der Waals surface area contributed by atoms with E-state index in [0.717, 1.165) is 29.1 Å². The van der Waals surface area contributed by atoms with Crippen molar-refractivity contribution >= 4 is 70.3 Å². The van der Waals surface area contributed by atoms with Crippen LogP contribution in [0.25, 0.3) is 10.8 Å². The van der Waals surface area contributed by atoms with Gasteiger partial charge in [-0.05, 0) is 67.0 Å². The highest BCUT2D eigenvalue weighted by Gasteiger charge is 2.30. The van der Waals surface area contributed by atoms with Gasteiger partial charge in [-0.15, -0.1) is 0 Å². The number of hydrogen-bond donors (Lipinski definition) is 11. The van der Waals surface area contributed by atoms with Crippen molar-refractivity contribution in [1.29, 1.82) is 0 Å². The number of halogens is 1. The summed E-state index contributed by atoms with van der Waals surface area (Å²) >= 11 is 0. The lowest BCUT2D eigenvalue weighted by atomic mass is 10.0. The van der Waals surface area contributed by atoms with Crippen LogP contribution in [0.4, 0.5) is 9.18 Å². The molecule has 0 saturated heterocycles. The Hall–Kier alpha value is -7.72. The smallest absolute Gasteiger partial charge is 0.326 e. The van der Waals surface area contributed by atoms with Gasteiger partial charge in [0.15, 0.2) is 0 Å². The van der Waals surface area contributed by atoms with E-state index in [-0.39, 0.29) is 37.8 Å². The van der Waals surface area contributed by atoms with Crippen LogP contribution in [0.1, 0.15) is 73.7 Å². The van der Waals surface area contributed by atoms with Gasteiger partial charge in [0, 0.05) is 38.4 Å². The Morgan fingerprint density at radius 3 is 1.73 bits per heavy atom. The molecule has 11 N–H and O–H groups in total. The third kappa shape index (κ3) is 17.7. The minimum Gasteiger partial charge on any atom is -0.481 e.